The van der Waals surface area contributed by atoms with Crippen LogP contribution in [0.5, 0.6) is 0 Å². The van der Waals surface area contributed by atoms with Gasteiger partial charge in [0, 0.05) is 50.0 Å². The normalized spacial score (nSPS) is 13.6. The summed E-state index contributed by atoms with van der Waals surface area (Å²) in [6, 6.07) is 7.37. The molecule has 0 saturated carbocycles. The summed E-state index contributed by atoms with van der Waals surface area (Å²) in [5.74, 6) is -0.114. The van der Waals surface area contributed by atoms with E-state index >= 15 is 0 Å². The van der Waals surface area contributed by atoms with Gasteiger partial charge in [0.15, 0.2) is 5.78 Å². The number of carbonyl (C=O) groups is 3. The summed E-state index contributed by atoms with van der Waals surface area (Å²) in [6.45, 7) is 3.40. The molecule has 2 rings (SSSR count). The molecule has 0 unspecified atom stereocenters. The third-order valence-corrected chi connectivity index (χ3v) is 5.25. The number of ether oxygens (including phenoxy) is 1. The van der Waals surface area contributed by atoms with E-state index < -0.39 is 0 Å². The molecule has 1 aliphatic carbocycles. The molecule has 7 heteroatoms. The molecule has 7 nitrogen and oxygen atoms in total. The maximum Gasteiger partial charge on any atom is 0.246 e. The lowest BCUT2D eigenvalue weighted by Crippen LogP contribution is -2.27. The fourth-order valence-electron chi connectivity index (χ4n) is 3.48. The number of allylic oxidation sites excluding steroid dienone is 2. The highest BCUT2D eigenvalue weighted by molar-refractivity contribution is 6.09. The minimum atomic E-state index is -0.207. The van der Waals surface area contributed by atoms with E-state index in [-0.39, 0.29) is 24.2 Å². The number of amides is 2. The topological polar surface area (TPSA) is 96.5 Å². The van der Waals surface area contributed by atoms with Gasteiger partial charge < -0.3 is 20.7 Å². The highest BCUT2D eigenvalue weighted by Gasteiger charge is 2.19. The Balaban J connectivity index is 1.69. The number of benzene rings is 1. The summed E-state index contributed by atoms with van der Waals surface area (Å²) >= 11 is 0. The number of hydrogen-bond acceptors (Lipinski definition) is 5. The van der Waals surface area contributed by atoms with E-state index in [9.17, 15) is 14.4 Å². The van der Waals surface area contributed by atoms with E-state index in [0.717, 1.165) is 48.9 Å². The first-order valence-corrected chi connectivity index (χ1v) is 11.2. The Labute approximate surface area is 185 Å². The fourth-order valence-corrected chi connectivity index (χ4v) is 3.48. The van der Waals surface area contributed by atoms with Crippen molar-refractivity contribution in [2.24, 2.45) is 0 Å². The first-order valence-electron chi connectivity index (χ1n) is 11.2. The van der Waals surface area contributed by atoms with Gasteiger partial charge in [0.05, 0.1) is 0 Å². The summed E-state index contributed by atoms with van der Waals surface area (Å²) in [6.07, 6.45) is 5.81. The fraction of sp³-hybridized carbons (Fsp3) is 0.542. The van der Waals surface area contributed by atoms with E-state index in [0.29, 0.717) is 38.1 Å². The molecule has 170 valence electrons. The maximum absolute atomic E-state index is 12.8. The highest BCUT2D eigenvalue weighted by atomic mass is 16.5. The van der Waals surface area contributed by atoms with Gasteiger partial charge in [-0.25, -0.2) is 0 Å². The molecule has 0 heterocycles. The monoisotopic (exact) mass is 429 g/mol. The van der Waals surface area contributed by atoms with Crippen LogP contribution in [0, 0.1) is 0 Å². The number of nitrogens with one attached hydrogen (secondary N) is 3. The average molecular weight is 430 g/mol. The van der Waals surface area contributed by atoms with Crippen LogP contribution in [0.2, 0.25) is 0 Å². The quantitative estimate of drug-likeness (QED) is 0.331. The standard InChI is InChI=1S/C24H35N3O4/c1-3-14-26-22(28)9-6-15-31-17-23(29)27-16-18-10-12-19(13-11-18)24(30)20-7-4-5-8-21(20)25-2/h10-13,25H,3-9,14-17H2,1-2H3,(H,26,28)(H,27,29). The van der Waals surface area contributed by atoms with Gasteiger partial charge in [-0.05, 0) is 44.1 Å². The van der Waals surface area contributed by atoms with E-state index in [1.165, 1.54) is 0 Å². The van der Waals surface area contributed by atoms with Crippen molar-refractivity contribution in [1.29, 1.82) is 0 Å². The summed E-state index contributed by atoms with van der Waals surface area (Å²) in [5, 5.41) is 8.78. The molecule has 0 bridgehead atoms. The second kappa shape index (κ2) is 13.6. The lowest BCUT2D eigenvalue weighted by Gasteiger charge is -2.19. The SMILES string of the molecule is CCCNC(=O)CCCOCC(=O)NCc1ccc(C(=O)C2=C(NC)CCCC2)cc1. The number of carbonyl (C=O) groups excluding carboxylic acids is 3. The van der Waals surface area contributed by atoms with Gasteiger partial charge >= 0.3 is 0 Å². The zero-order valence-electron chi connectivity index (χ0n) is 18.7. The van der Waals surface area contributed by atoms with Crippen LogP contribution in [-0.2, 0) is 20.9 Å². The minimum Gasteiger partial charge on any atom is -0.391 e. The van der Waals surface area contributed by atoms with Crippen LogP contribution in [-0.4, -0.2) is 44.4 Å². The van der Waals surface area contributed by atoms with E-state index in [4.69, 9.17) is 4.74 Å². The molecule has 0 fully saturated rings. The van der Waals surface area contributed by atoms with Gasteiger partial charge in [0.25, 0.3) is 0 Å². The molecular formula is C24H35N3O4. The van der Waals surface area contributed by atoms with Crippen LogP contribution in [0.25, 0.3) is 0 Å². The molecular weight excluding hydrogens is 394 g/mol. The minimum absolute atomic E-state index is 0.0128. The summed E-state index contributed by atoms with van der Waals surface area (Å²) < 4.78 is 5.33. The van der Waals surface area contributed by atoms with Crippen molar-refractivity contribution in [1.82, 2.24) is 16.0 Å². The van der Waals surface area contributed by atoms with Crippen LogP contribution in [0.3, 0.4) is 0 Å². The summed E-state index contributed by atoms with van der Waals surface area (Å²) in [4.78, 5) is 36.2. The molecule has 0 radical (unpaired) electrons. The molecule has 0 atom stereocenters. The van der Waals surface area contributed by atoms with Crippen molar-refractivity contribution < 1.29 is 19.1 Å². The van der Waals surface area contributed by atoms with Crippen LogP contribution in [0.4, 0.5) is 0 Å². The molecule has 0 saturated heterocycles. The van der Waals surface area contributed by atoms with Crippen LogP contribution >= 0.6 is 0 Å². The molecule has 3 N–H and O–H groups in total. The van der Waals surface area contributed by atoms with Crippen LogP contribution in [0.15, 0.2) is 35.5 Å². The van der Waals surface area contributed by atoms with Gasteiger partial charge in [-0.2, -0.15) is 0 Å². The second-order valence-electron chi connectivity index (χ2n) is 7.72. The Kier molecular flexibility index (Phi) is 10.8. The Hall–Kier alpha value is -2.67. The first kappa shape index (κ1) is 24.6. The zero-order valence-corrected chi connectivity index (χ0v) is 18.7. The predicted octanol–water partition coefficient (Wildman–Crippen LogP) is 2.86. The van der Waals surface area contributed by atoms with Crippen molar-refractivity contribution in [2.45, 2.75) is 58.4 Å². The molecule has 1 aromatic carbocycles. The van der Waals surface area contributed by atoms with Crippen molar-refractivity contribution in [3.05, 3.63) is 46.7 Å². The Morgan fingerprint density at radius 3 is 2.45 bits per heavy atom. The third kappa shape index (κ3) is 8.53. The van der Waals surface area contributed by atoms with Crippen LogP contribution in [0.1, 0.15) is 67.8 Å². The number of ketones is 1. The first-order chi connectivity index (χ1) is 15.0. The molecule has 1 aromatic rings. The highest BCUT2D eigenvalue weighted by Crippen LogP contribution is 2.25. The van der Waals surface area contributed by atoms with Gasteiger partial charge in [-0.3, -0.25) is 14.4 Å². The zero-order chi connectivity index (χ0) is 22.5. The third-order valence-electron chi connectivity index (χ3n) is 5.25. The lowest BCUT2D eigenvalue weighted by molar-refractivity contribution is -0.126. The van der Waals surface area contributed by atoms with E-state index in [1.807, 2.05) is 38.2 Å². The molecule has 31 heavy (non-hydrogen) atoms. The van der Waals surface area contributed by atoms with Crippen LogP contribution < -0.4 is 16.0 Å². The van der Waals surface area contributed by atoms with Gasteiger partial charge in [0.2, 0.25) is 11.8 Å². The van der Waals surface area contributed by atoms with E-state index in [1.54, 1.807) is 0 Å². The van der Waals surface area contributed by atoms with Crippen molar-refractivity contribution in [3.8, 4) is 0 Å². The second-order valence-corrected chi connectivity index (χ2v) is 7.72. The van der Waals surface area contributed by atoms with Crippen molar-refractivity contribution in [2.75, 3.05) is 26.8 Å². The summed E-state index contributed by atoms with van der Waals surface area (Å²) in [5.41, 5.74) is 3.53. The smallest absolute Gasteiger partial charge is 0.246 e. The van der Waals surface area contributed by atoms with E-state index in [2.05, 4.69) is 16.0 Å². The largest absolute Gasteiger partial charge is 0.391 e. The number of hydrogen-bond donors (Lipinski definition) is 3. The Morgan fingerprint density at radius 1 is 1.00 bits per heavy atom. The Morgan fingerprint density at radius 2 is 1.74 bits per heavy atom. The summed E-state index contributed by atoms with van der Waals surface area (Å²) in [7, 11) is 1.87. The molecule has 1 aliphatic rings. The number of rotatable bonds is 13. The molecule has 0 aromatic heterocycles. The molecule has 0 aliphatic heterocycles. The Bertz CT molecular complexity index is 772. The molecule has 2 amide bonds. The number of Topliss-reactive ketones (excluding diaryl/α,β-unsaturated/α-hetero) is 1. The molecule has 0 spiro atoms. The van der Waals surface area contributed by atoms with Crippen molar-refractivity contribution in [3.63, 3.8) is 0 Å². The van der Waals surface area contributed by atoms with Gasteiger partial charge in [-0.1, -0.05) is 31.2 Å². The average Bonchev–Trinajstić information content (AvgIpc) is 2.81. The van der Waals surface area contributed by atoms with Gasteiger partial charge in [-0.15, -0.1) is 0 Å². The van der Waals surface area contributed by atoms with Gasteiger partial charge in [0.1, 0.15) is 6.61 Å². The predicted molar refractivity (Wildman–Crippen MR) is 121 cm³/mol. The maximum atomic E-state index is 12.8. The lowest BCUT2D eigenvalue weighted by atomic mass is 9.90. The van der Waals surface area contributed by atoms with Crippen molar-refractivity contribution >= 4 is 17.6 Å².